The lowest BCUT2D eigenvalue weighted by molar-refractivity contribution is 0.827. The van der Waals surface area contributed by atoms with Crippen LogP contribution in [0.2, 0.25) is 0 Å². The number of rotatable bonds is 6. The third-order valence-corrected chi connectivity index (χ3v) is 12.7. The first-order valence-corrected chi connectivity index (χ1v) is 17.2. The normalized spacial score (nSPS) is 11.5. The van der Waals surface area contributed by atoms with Crippen LogP contribution in [0.5, 0.6) is 0 Å². The minimum absolute atomic E-state index is 0.953. The fraction of sp³-hybridized carbons (Fsp3) is 0.0541. The molecule has 3 aromatic carbocycles. The van der Waals surface area contributed by atoms with E-state index < -0.39 is 0 Å². The van der Waals surface area contributed by atoms with Crippen molar-refractivity contribution in [3.05, 3.63) is 120 Å². The Morgan fingerprint density at radius 1 is 0.619 bits per heavy atom. The van der Waals surface area contributed by atoms with E-state index in [9.17, 15) is 0 Å². The van der Waals surface area contributed by atoms with Crippen molar-refractivity contribution in [3.63, 3.8) is 0 Å². The van der Waals surface area contributed by atoms with E-state index in [0.29, 0.717) is 0 Å². The van der Waals surface area contributed by atoms with E-state index in [2.05, 4.69) is 127 Å². The molecule has 0 amide bonds. The standard InChI is InChI=1S/C37H25NS4/c1-3-7-25-12-15-31(39-25)32-18-19-35(41-32)36-21-20-34(42-36)33-17-16-30(40-33)24-11-13-28-27(22-24)37-26-9-6-5-8-23(26)10-14-29(37)38(28)4-2/h5-22H,1,4H2,2H3. The molecule has 8 aromatic rings. The molecule has 0 aliphatic rings. The quantitative estimate of drug-likeness (QED) is 0.165. The van der Waals surface area contributed by atoms with Gasteiger partial charge in [-0.3, -0.25) is 0 Å². The summed E-state index contributed by atoms with van der Waals surface area (Å²) in [6.07, 6.45) is 1.94. The SMILES string of the molecule is C=C=Cc1ccc(-c2ccc(-c3ccc(-c4ccc(-c5ccc6c(c5)c5c7ccccc7ccc5n6CC)s4)s3)s2)s1. The highest BCUT2D eigenvalue weighted by Crippen LogP contribution is 2.45. The lowest BCUT2D eigenvalue weighted by Gasteiger charge is -2.04. The van der Waals surface area contributed by atoms with Gasteiger partial charge in [0, 0.05) is 67.4 Å². The van der Waals surface area contributed by atoms with E-state index in [1.807, 2.05) is 40.1 Å². The Bertz CT molecular complexity index is 2310. The number of aryl methyl sites for hydroxylation is 1. The number of benzene rings is 3. The molecule has 5 heterocycles. The molecule has 0 aliphatic heterocycles. The van der Waals surface area contributed by atoms with Gasteiger partial charge in [0.1, 0.15) is 0 Å². The van der Waals surface area contributed by atoms with Gasteiger partial charge in [-0.2, -0.15) is 0 Å². The van der Waals surface area contributed by atoms with Crippen LogP contribution in [0.1, 0.15) is 11.8 Å². The van der Waals surface area contributed by atoms with Crippen LogP contribution in [0.3, 0.4) is 0 Å². The molecule has 0 aliphatic carbocycles. The number of thiophene rings is 4. The number of hydrogen-bond donors (Lipinski definition) is 0. The maximum atomic E-state index is 3.69. The Morgan fingerprint density at radius 3 is 1.90 bits per heavy atom. The van der Waals surface area contributed by atoms with Gasteiger partial charge in [-0.15, -0.1) is 51.1 Å². The predicted molar refractivity (Wildman–Crippen MR) is 189 cm³/mol. The largest absolute Gasteiger partial charge is 0.341 e. The van der Waals surface area contributed by atoms with Crippen LogP contribution < -0.4 is 0 Å². The summed E-state index contributed by atoms with van der Waals surface area (Å²) >= 11 is 7.40. The molecule has 42 heavy (non-hydrogen) atoms. The predicted octanol–water partition coefficient (Wildman–Crippen LogP) is 12.7. The Morgan fingerprint density at radius 2 is 1.21 bits per heavy atom. The second-order valence-electron chi connectivity index (χ2n) is 10.2. The minimum Gasteiger partial charge on any atom is -0.341 e. The zero-order chi connectivity index (χ0) is 28.2. The first-order chi connectivity index (χ1) is 20.7. The molecule has 5 heteroatoms. The van der Waals surface area contributed by atoms with E-state index in [1.54, 1.807) is 11.3 Å². The summed E-state index contributed by atoms with van der Waals surface area (Å²) in [6.45, 7) is 6.88. The van der Waals surface area contributed by atoms with Crippen molar-refractivity contribution in [2.45, 2.75) is 13.5 Å². The number of nitrogens with zero attached hydrogens (tertiary/aromatic N) is 1. The van der Waals surface area contributed by atoms with Gasteiger partial charge in [0.15, 0.2) is 0 Å². The third-order valence-electron chi connectivity index (χ3n) is 7.77. The topological polar surface area (TPSA) is 4.93 Å². The van der Waals surface area contributed by atoms with Crippen molar-refractivity contribution in [2.24, 2.45) is 0 Å². The molecule has 202 valence electrons. The van der Waals surface area contributed by atoms with Crippen LogP contribution in [0.15, 0.2) is 115 Å². The van der Waals surface area contributed by atoms with Crippen molar-refractivity contribution >= 4 is 84.0 Å². The van der Waals surface area contributed by atoms with Crippen molar-refractivity contribution < 1.29 is 0 Å². The van der Waals surface area contributed by atoms with Crippen molar-refractivity contribution in [1.82, 2.24) is 4.57 Å². The fourth-order valence-corrected chi connectivity index (χ4v) is 10.1. The van der Waals surface area contributed by atoms with Crippen LogP contribution in [0, 0.1) is 0 Å². The van der Waals surface area contributed by atoms with Gasteiger partial charge in [0.2, 0.25) is 0 Å². The summed E-state index contributed by atoms with van der Waals surface area (Å²) in [5.41, 5.74) is 6.77. The van der Waals surface area contributed by atoms with Gasteiger partial charge >= 0.3 is 0 Å². The van der Waals surface area contributed by atoms with Gasteiger partial charge in [-0.05, 0) is 96.1 Å². The second-order valence-corrected chi connectivity index (χ2v) is 14.6. The van der Waals surface area contributed by atoms with E-state index in [0.717, 1.165) is 6.54 Å². The molecule has 0 atom stereocenters. The highest BCUT2D eigenvalue weighted by Gasteiger charge is 2.16. The highest BCUT2D eigenvalue weighted by atomic mass is 32.1. The summed E-state index contributed by atoms with van der Waals surface area (Å²) in [6, 6.07) is 38.2. The molecule has 0 radical (unpaired) electrons. The smallest absolute Gasteiger partial charge is 0.0497 e. The Kier molecular flexibility index (Phi) is 6.37. The zero-order valence-corrected chi connectivity index (χ0v) is 26.2. The van der Waals surface area contributed by atoms with Gasteiger partial charge in [0.25, 0.3) is 0 Å². The summed E-state index contributed by atoms with van der Waals surface area (Å²) in [7, 11) is 0. The summed E-state index contributed by atoms with van der Waals surface area (Å²) in [5.74, 6) is 0. The molecule has 5 aromatic heterocycles. The first kappa shape index (κ1) is 25.7. The van der Waals surface area contributed by atoms with E-state index in [1.165, 1.54) is 77.2 Å². The lowest BCUT2D eigenvalue weighted by atomic mass is 10.0. The molecule has 0 unspecified atom stereocenters. The number of hydrogen-bond acceptors (Lipinski definition) is 4. The monoisotopic (exact) mass is 611 g/mol. The van der Waals surface area contributed by atoms with Crippen LogP contribution in [-0.2, 0) is 6.54 Å². The molecular formula is C37H25NS4. The Balaban J connectivity index is 1.13. The zero-order valence-electron chi connectivity index (χ0n) is 22.9. The van der Waals surface area contributed by atoms with Crippen LogP contribution in [-0.4, -0.2) is 4.57 Å². The van der Waals surface area contributed by atoms with E-state index in [-0.39, 0.29) is 0 Å². The van der Waals surface area contributed by atoms with Gasteiger partial charge in [-0.25, -0.2) is 0 Å². The highest BCUT2D eigenvalue weighted by molar-refractivity contribution is 7.29. The van der Waals surface area contributed by atoms with Crippen LogP contribution in [0.25, 0.3) is 78.4 Å². The maximum absolute atomic E-state index is 3.69. The van der Waals surface area contributed by atoms with Crippen molar-refractivity contribution in [3.8, 4) is 39.7 Å². The average molecular weight is 612 g/mol. The molecule has 1 nitrogen and oxygen atoms in total. The maximum Gasteiger partial charge on any atom is 0.0497 e. The summed E-state index contributed by atoms with van der Waals surface area (Å²) < 4.78 is 2.44. The average Bonchev–Trinajstić information content (AvgIpc) is 3.85. The Labute approximate surface area is 260 Å². The van der Waals surface area contributed by atoms with Gasteiger partial charge < -0.3 is 4.57 Å². The number of fused-ring (bicyclic) bond motifs is 5. The summed E-state index contributed by atoms with van der Waals surface area (Å²) in [5, 5.41) is 5.31. The third kappa shape index (κ3) is 4.25. The van der Waals surface area contributed by atoms with Crippen LogP contribution in [0.4, 0.5) is 0 Å². The van der Waals surface area contributed by atoms with Crippen molar-refractivity contribution in [1.29, 1.82) is 0 Å². The molecular weight excluding hydrogens is 587 g/mol. The second kappa shape index (κ2) is 10.4. The minimum atomic E-state index is 0.953. The molecule has 0 N–H and O–H groups in total. The fourth-order valence-electron chi connectivity index (χ4n) is 5.86. The lowest BCUT2D eigenvalue weighted by Crippen LogP contribution is -1.92. The van der Waals surface area contributed by atoms with Crippen molar-refractivity contribution in [2.75, 3.05) is 0 Å². The van der Waals surface area contributed by atoms with E-state index >= 15 is 0 Å². The molecule has 0 saturated heterocycles. The number of aromatic nitrogens is 1. The molecule has 0 fully saturated rings. The van der Waals surface area contributed by atoms with Gasteiger partial charge in [-0.1, -0.05) is 43.0 Å². The molecule has 0 saturated carbocycles. The van der Waals surface area contributed by atoms with E-state index in [4.69, 9.17) is 0 Å². The first-order valence-electron chi connectivity index (χ1n) is 13.9. The summed E-state index contributed by atoms with van der Waals surface area (Å²) in [4.78, 5) is 10.4. The molecule has 0 spiro atoms. The Hall–Kier alpha value is -3.96. The van der Waals surface area contributed by atoms with Gasteiger partial charge in [0.05, 0.1) is 0 Å². The molecule has 8 rings (SSSR count). The molecule has 0 bridgehead atoms. The van der Waals surface area contributed by atoms with Crippen LogP contribution >= 0.6 is 45.3 Å².